The highest BCUT2D eigenvalue weighted by Gasteiger charge is 2.36. The fraction of sp³-hybridized carbons (Fsp3) is 0.395. The highest BCUT2D eigenvalue weighted by Crippen LogP contribution is 2.48. The number of aromatic amines is 2. The van der Waals surface area contributed by atoms with Gasteiger partial charge in [0.05, 0.1) is 46.2 Å². The Balaban J connectivity index is 0.958. The SMILES string of the molecule is c1ccc(C2CCN(c3ccc(N4[C@@H](c5ccc6nc([C@@H]7CCCN7)[nH]c6c5)CC[C@H]4c4ccc5nc([C@@H]6CCCN6)[nH]c5c4)cc3)CC2)cc1. The first-order valence-electron chi connectivity index (χ1n) is 19.4. The van der Waals surface area contributed by atoms with E-state index in [1.165, 1.54) is 53.7 Å². The average Bonchev–Trinajstić information content (AvgIpc) is 4.04. The molecule has 260 valence electrons. The molecule has 4 N–H and O–H groups in total. The van der Waals surface area contributed by atoms with E-state index < -0.39 is 0 Å². The lowest BCUT2D eigenvalue weighted by atomic mass is 9.89. The Morgan fingerprint density at radius 3 is 1.61 bits per heavy atom. The second-order valence-corrected chi connectivity index (χ2v) is 15.3. The minimum absolute atomic E-state index is 0.263. The smallest absolute Gasteiger partial charge is 0.124 e. The molecule has 4 aromatic carbocycles. The summed E-state index contributed by atoms with van der Waals surface area (Å²) in [6.07, 6.45) is 9.29. The molecule has 0 radical (unpaired) electrons. The molecule has 4 aliphatic heterocycles. The second kappa shape index (κ2) is 13.1. The highest BCUT2D eigenvalue weighted by molar-refractivity contribution is 5.78. The number of fused-ring (bicyclic) bond motifs is 2. The molecule has 0 aliphatic carbocycles. The number of imidazole rings is 2. The zero-order valence-electron chi connectivity index (χ0n) is 29.3. The van der Waals surface area contributed by atoms with E-state index in [2.05, 4.69) is 121 Å². The van der Waals surface area contributed by atoms with Gasteiger partial charge in [0.2, 0.25) is 0 Å². The molecule has 6 heterocycles. The summed E-state index contributed by atoms with van der Waals surface area (Å²) in [6, 6.07) is 35.6. The van der Waals surface area contributed by atoms with E-state index in [0.29, 0.717) is 18.0 Å². The molecule has 51 heavy (non-hydrogen) atoms. The van der Waals surface area contributed by atoms with Crippen molar-refractivity contribution in [3.05, 3.63) is 119 Å². The zero-order chi connectivity index (χ0) is 33.7. The quantitative estimate of drug-likeness (QED) is 0.135. The molecule has 0 unspecified atom stereocenters. The van der Waals surface area contributed by atoms with Gasteiger partial charge in [0.15, 0.2) is 0 Å². The van der Waals surface area contributed by atoms with E-state index in [-0.39, 0.29) is 12.1 Å². The van der Waals surface area contributed by atoms with Gasteiger partial charge in [-0.2, -0.15) is 0 Å². The van der Waals surface area contributed by atoms with Crippen LogP contribution in [0, 0.1) is 0 Å². The molecule has 4 atom stereocenters. The molecule has 4 aliphatic rings. The summed E-state index contributed by atoms with van der Waals surface area (Å²) < 4.78 is 0. The molecule has 4 fully saturated rings. The average molecular weight is 677 g/mol. The summed E-state index contributed by atoms with van der Waals surface area (Å²) >= 11 is 0. The number of benzene rings is 4. The van der Waals surface area contributed by atoms with Crippen LogP contribution in [-0.4, -0.2) is 46.1 Å². The maximum Gasteiger partial charge on any atom is 0.124 e. The predicted molar refractivity (Wildman–Crippen MR) is 206 cm³/mol. The maximum atomic E-state index is 4.99. The van der Waals surface area contributed by atoms with Crippen molar-refractivity contribution in [1.29, 1.82) is 0 Å². The summed E-state index contributed by atoms with van der Waals surface area (Å²) in [6.45, 7) is 4.33. The summed E-state index contributed by atoms with van der Waals surface area (Å²) in [5.41, 5.74) is 11.2. The van der Waals surface area contributed by atoms with Crippen molar-refractivity contribution in [2.45, 2.75) is 81.5 Å². The van der Waals surface area contributed by atoms with Crippen molar-refractivity contribution < 1.29 is 0 Å². The van der Waals surface area contributed by atoms with Crippen LogP contribution in [0.3, 0.4) is 0 Å². The van der Waals surface area contributed by atoms with Crippen LogP contribution in [0.2, 0.25) is 0 Å². The monoisotopic (exact) mass is 676 g/mol. The molecule has 8 nitrogen and oxygen atoms in total. The Morgan fingerprint density at radius 2 is 1.08 bits per heavy atom. The Kier molecular flexibility index (Phi) is 8.02. The maximum absolute atomic E-state index is 4.99. The summed E-state index contributed by atoms with van der Waals surface area (Å²) in [5.74, 6) is 2.80. The van der Waals surface area contributed by atoms with Crippen LogP contribution in [0.1, 0.15) is 110 Å². The van der Waals surface area contributed by atoms with Crippen LogP contribution < -0.4 is 20.4 Å². The largest absolute Gasteiger partial charge is 0.371 e. The molecule has 2 aromatic heterocycles. The lowest BCUT2D eigenvalue weighted by Gasteiger charge is -2.35. The Labute approximate surface area is 300 Å². The van der Waals surface area contributed by atoms with Crippen LogP contribution in [0.5, 0.6) is 0 Å². The fourth-order valence-corrected chi connectivity index (χ4v) is 9.53. The van der Waals surface area contributed by atoms with Crippen LogP contribution in [0.4, 0.5) is 11.4 Å². The lowest BCUT2D eigenvalue weighted by Crippen LogP contribution is -2.33. The number of hydrogen-bond acceptors (Lipinski definition) is 6. The van der Waals surface area contributed by atoms with Crippen LogP contribution in [-0.2, 0) is 0 Å². The van der Waals surface area contributed by atoms with Crippen molar-refractivity contribution >= 4 is 33.4 Å². The van der Waals surface area contributed by atoms with Gasteiger partial charge in [-0.15, -0.1) is 0 Å². The second-order valence-electron chi connectivity index (χ2n) is 15.3. The van der Waals surface area contributed by atoms with Gasteiger partial charge in [-0.25, -0.2) is 9.97 Å². The number of hydrogen-bond donors (Lipinski definition) is 4. The fourth-order valence-electron chi connectivity index (χ4n) is 9.53. The van der Waals surface area contributed by atoms with Gasteiger partial charge in [0.25, 0.3) is 0 Å². The molecule has 0 amide bonds. The first-order valence-corrected chi connectivity index (χ1v) is 19.4. The van der Waals surface area contributed by atoms with Crippen molar-refractivity contribution in [3.63, 3.8) is 0 Å². The summed E-state index contributed by atoms with van der Waals surface area (Å²) in [7, 11) is 0. The van der Waals surface area contributed by atoms with Gasteiger partial charge in [-0.3, -0.25) is 0 Å². The summed E-state index contributed by atoms with van der Waals surface area (Å²) in [5, 5.41) is 7.22. The number of nitrogens with one attached hydrogen (secondary N) is 4. The molecule has 0 spiro atoms. The van der Waals surface area contributed by atoms with Gasteiger partial charge in [-0.05, 0) is 136 Å². The van der Waals surface area contributed by atoms with E-state index in [1.807, 2.05) is 0 Å². The summed E-state index contributed by atoms with van der Waals surface area (Å²) in [4.78, 5) is 22.6. The molecule has 0 bridgehead atoms. The minimum Gasteiger partial charge on any atom is -0.371 e. The molecular weight excluding hydrogens is 629 g/mol. The third-order valence-corrected chi connectivity index (χ3v) is 12.3. The van der Waals surface area contributed by atoms with Gasteiger partial charge in [-0.1, -0.05) is 42.5 Å². The van der Waals surface area contributed by atoms with E-state index in [0.717, 1.165) is 85.6 Å². The molecule has 10 rings (SSSR count). The molecule has 4 saturated heterocycles. The first kappa shape index (κ1) is 31.1. The van der Waals surface area contributed by atoms with Crippen molar-refractivity contribution in [3.8, 4) is 0 Å². The van der Waals surface area contributed by atoms with Crippen LogP contribution in [0.15, 0.2) is 91.0 Å². The van der Waals surface area contributed by atoms with Crippen molar-refractivity contribution in [2.75, 3.05) is 36.0 Å². The normalized spacial score (nSPS) is 24.4. The van der Waals surface area contributed by atoms with Crippen LogP contribution >= 0.6 is 0 Å². The lowest BCUT2D eigenvalue weighted by molar-refractivity contribution is 0.505. The highest BCUT2D eigenvalue weighted by atomic mass is 15.2. The Morgan fingerprint density at radius 1 is 0.529 bits per heavy atom. The topological polar surface area (TPSA) is 87.9 Å². The Bertz CT molecular complexity index is 2010. The number of piperidine rings is 1. The minimum atomic E-state index is 0.263. The third-order valence-electron chi connectivity index (χ3n) is 12.3. The zero-order valence-corrected chi connectivity index (χ0v) is 29.3. The number of nitrogens with zero attached hydrogens (tertiary/aromatic N) is 4. The number of anilines is 2. The van der Waals surface area contributed by atoms with E-state index in [1.54, 1.807) is 0 Å². The van der Waals surface area contributed by atoms with Gasteiger partial charge in [0.1, 0.15) is 11.6 Å². The van der Waals surface area contributed by atoms with E-state index in [4.69, 9.17) is 9.97 Å². The van der Waals surface area contributed by atoms with E-state index >= 15 is 0 Å². The third kappa shape index (κ3) is 5.88. The predicted octanol–water partition coefficient (Wildman–Crippen LogP) is 8.76. The van der Waals surface area contributed by atoms with Gasteiger partial charge < -0.3 is 30.4 Å². The number of aromatic nitrogens is 4. The first-order chi connectivity index (χ1) is 25.2. The van der Waals surface area contributed by atoms with Crippen molar-refractivity contribution in [1.82, 2.24) is 30.6 Å². The Hall–Kier alpha value is -4.66. The van der Waals surface area contributed by atoms with E-state index in [9.17, 15) is 0 Å². The van der Waals surface area contributed by atoms with Gasteiger partial charge in [0, 0.05) is 24.5 Å². The number of rotatable bonds is 7. The standard InChI is InChI=1S/C43H48N8/c1-2-6-28(7-3-1)29-20-24-50(25-21-29)32-12-14-33(15-13-32)51-40(30-10-16-34-38(26-30)48-42(46-34)36-8-4-22-44-36)18-19-41(51)31-11-17-35-39(27-31)49-43(47-35)37-9-5-23-45-37/h1-3,6-7,10-17,26-27,29,36-37,40-41,44-45H,4-5,8-9,18-25H2,(H,46,48)(H,47,49)/t36-,37-,40-,41+/m0/s1. The molecular formula is C43H48N8. The van der Waals surface area contributed by atoms with Crippen molar-refractivity contribution in [2.24, 2.45) is 0 Å². The van der Waals surface area contributed by atoms with Crippen LogP contribution in [0.25, 0.3) is 22.1 Å². The molecule has 6 aromatic rings. The molecule has 0 saturated carbocycles. The van der Waals surface area contributed by atoms with Gasteiger partial charge >= 0.3 is 0 Å². The number of H-pyrrole nitrogens is 2. The molecule has 8 heteroatoms.